The fourth-order valence-electron chi connectivity index (χ4n) is 2.86. The molecule has 1 N–H and O–H groups in total. The topological polar surface area (TPSA) is 107 Å². The second kappa shape index (κ2) is 10.6. The minimum Gasteiger partial charge on any atom is -0.484 e. The molecule has 8 nitrogen and oxygen atoms in total. The van der Waals surface area contributed by atoms with Crippen molar-refractivity contribution in [1.29, 1.82) is 0 Å². The zero-order valence-electron chi connectivity index (χ0n) is 17.6. The van der Waals surface area contributed by atoms with Crippen LogP contribution in [-0.4, -0.2) is 23.7 Å². The van der Waals surface area contributed by atoms with Crippen LogP contribution in [0.25, 0.3) is 11.3 Å². The minimum atomic E-state index is -0.524. The van der Waals surface area contributed by atoms with E-state index < -0.39 is 10.8 Å². The van der Waals surface area contributed by atoms with Gasteiger partial charge in [0.05, 0.1) is 16.2 Å². The molecule has 0 fully saturated rings. The van der Waals surface area contributed by atoms with E-state index in [9.17, 15) is 14.9 Å². The lowest BCUT2D eigenvalue weighted by Gasteiger charge is -2.10. The summed E-state index contributed by atoms with van der Waals surface area (Å²) in [5.41, 5.74) is 3.99. The lowest BCUT2D eigenvalue weighted by atomic mass is 9.99. The molecule has 0 spiro atoms. The van der Waals surface area contributed by atoms with Crippen LogP contribution in [0.3, 0.4) is 0 Å². The van der Waals surface area contributed by atoms with E-state index in [0.717, 1.165) is 6.42 Å². The van der Waals surface area contributed by atoms with Crippen molar-refractivity contribution in [2.45, 2.75) is 26.2 Å². The molecule has 0 aliphatic heterocycles. The number of rotatable bonds is 9. The lowest BCUT2D eigenvalue weighted by molar-refractivity contribution is -0.384. The summed E-state index contributed by atoms with van der Waals surface area (Å²) >= 11 is 6.11. The van der Waals surface area contributed by atoms with Gasteiger partial charge in [-0.1, -0.05) is 37.6 Å². The fourth-order valence-corrected chi connectivity index (χ4v) is 3.13. The van der Waals surface area contributed by atoms with Crippen molar-refractivity contribution in [3.05, 3.63) is 81.1 Å². The van der Waals surface area contributed by atoms with Crippen molar-refractivity contribution in [2.75, 3.05) is 6.61 Å². The Labute approximate surface area is 190 Å². The molecule has 0 saturated heterocycles. The molecule has 0 saturated carbocycles. The van der Waals surface area contributed by atoms with Gasteiger partial charge in [-0.3, -0.25) is 14.9 Å². The van der Waals surface area contributed by atoms with Crippen molar-refractivity contribution in [3.8, 4) is 17.1 Å². The Morgan fingerprint density at radius 3 is 2.66 bits per heavy atom. The molecule has 0 aliphatic carbocycles. The van der Waals surface area contributed by atoms with Crippen LogP contribution >= 0.6 is 11.6 Å². The number of hydrogen-bond acceptors (Lipinski definition) is 6. The molecular formula is C23H22ClN3O5. The van der Waals surface area contributed by atoms with Gasteiger partial charge in [0, 0.05) is 17.7 Å². The number of halogens is 1. The van der Waals surface area contributed by atoms with E-state index in [4.69, 9.17) is 20.8 Å². The SMILES string of the molecule is CC[C@@H](C)c1ccc(OCC(=O)N/N=C\c2ccc(-c3ccc([N+](=O)[O-])cc3Cl)o2)cc1. The average molecular weight is 456 g/mol. The molecule has 3 rings (SSSR count). The summed E-state index contributed by atoms with van der Waals surface area (Å²) < 4.78 is 11.1. The molecule has 3 aromatic rings. The molecule has 0 aliphatic rings. The summed E-state index contributed by atoms with van der Waals surface area (Å²) in [6.07, 6.45) is 2.39. The Morgan fingerprint density at radius 1 is 1.25 bits per heavy atom. The maximum atomic E-state index is 11.9. The Hall–Kier alpha value is -3.65. The van der Waals surface area contributed by atoms with Crippen molar-refractivity contribution < 1.29 is 18.9 Å². The van der Waals surface area contributed by atoms with Gasteiger partial charge in [0.25, 0.3) is 11.6 Å². The van der Waals surface area contributed by atoms with Crippen LogP contribution in [0.2, 0.25) is 5.02 Å². The smallest absolute Gasteiger partial charge is 0.277 e. The van der Waals surface area contributed by atoms with E-state index in [0.29, 0.717) is 28.8 Å². The predicted molar refractivity (Wildman–Crippen MR) is 122 cm³/mol. The summed E-state index contributed by atoms with van der Waals surface area (Å²) in [6.45, 7) is 4.11. The van der Waals surface area contributed by atoms with E-state index in [1.165, 1.54) is 30.0 Å². The van der Waals surface area contributed by atoms with Crippen LogP contribution in [0.15, 0.2) is 64.1 Å². The number of furan rings is 1. The summed E-state index contributed by atoms with van der Waals surface area (Å²) in [7, 11) is 0. The predicted octanol–water partition coefficient (Wildman–Crippen LogP) is 5.55. The van der Waals surface area contributed by atoms with Gasteiger partial charge in [-0.2, -0.15) is 5.10 Å². The van der Waals surface area contributed by atoms with Crippen LogP contribution in [0, 0.1) is 10.1 Å². The van der Waals surface area contributed by atoms with Gasteiger partial charge in [-0.25, -0.2) is 5.43 Å². The van der Waals surface area contributed by atoms with Crippen LogP contribution in [0.5, 0.6) is 5.75 Å². The average Bonchev–Trinajstić information content (AvgIpc) is 3.26. The number of nitrogens with one attached hydrogen (secondary N) is 1. The molecule has 1 heterocycles. The Bertz CT molecular complexity index is 1120. The zero-order chi connectivity index (χ0) is 23.1. The number of carbonyl (C=O) groups is 1. The highest BCUT2D eigenvalue weighted by Crippen LogP contribution is 2.32. The minimum absolute atomic E-state index is 0.108. The van der Waals surface area contributed by atoms with Crippen molar-refractivity contribution >= 4 is 29.4 Å². The van der Waals surface area contributed by atoms with E-state index in [2.05, 4.69) is 24.4 Å². The normalized spacial score (nSPS) is 12.0. The Morgan fingerprint density at radius 2 is 2.00 bits per heavy atom. The summed E-state index contributed by atoms with van der Waals surface area (Å²) in [6, 6.07) is 15.1. The fraction of sp³-hybridized carbons (Fsp3) is 0.217. The number of hydrazone groups is 1. The summed E-state index contributed by atoms with van der Waals surface area (Å²) in [4.78, 5) is 22.2. The van der Waals surface area contributed by atoms with E-state index in [-0.39, 0.29) is 17.3 Å². The molecule has 0 radical (unpaired) electrons. The first-order chi connectivity index (χ1) is 15.4. The zero-order valence-corrected chi connectivity index (χ0v) is 18.3. The largest absolute Gasteiger partial charge is 0.484 e. The van der Waals surface area contributed by atoms with Crippen LogP contribution in [0.1, 0.15) is 37.5 Å². The number of carbonyl (C=O) groups excluding carboxylic acids is 1. The van der Waals surface area contributed by atoms with Gasteiger partial charge < -0.3 is 9.15 Å². The third-order valence-corrected chi connectivity index (χ3v) is 5.18. The molecule has 166 valence electrons. The van der Waals surface area contributed by atoms with Crippen LogP contribution in [-0.2, 0) is 4.79 Å². The number of amides is 1. The monoisotopic (exact) mass is 455 g/mol. The molecule has 0 bridgehead atoms. The molecule has 1 amide bonds. The first kappa shape index (κ1) is 23.0. The van der Waals surface area contributed by atoms with Gasteiger partial charge in [-0.05, 0) is 48.2 Å². The first-order valence-corrected chi connectivity index (χ1v) is 10.3. The van der Waals surface area contributed by atoms with Crippen LogP contribution < -0.4 is 10.2 Å². The molecule has 1 aromatic heterocycles. The number of non-ortho nitro benzene ring substituents is 1. The molecular weight excluding hydrogens is 434 g/mol. The molecule has 2 aromatic carbocycles. The van der Waals surface area contributed by atoms with Gasteiger partial charge in [0.2, 0.25) is 0 Å². The number of nitrogens with zero attached hydrogens (tertiary/aromatic N) is 2. The lowest BCUT2D eigenvalue weighted by Crippen LogP contribution is -2.24. The molecule has 1 atom stereocenters. The third-order valence-electron chi connectivity index (χ3n) is 4.87. The molecule has 0 unspecified atom stereocenters. The van der Waals surface area contributed by atoms with Gasteiger partial charge in [0.1, 0.15) is 17.3 Å². The highest BCUT2D eigenvalue weighted by molar-refractivity contribution is 6.33. The third kappa shape index (κ3) is 5.95. The molecule has 32 heavy (non-hydrogen) atoms. The van der Waals surface area contributed by atoms with E-state index in [1.54, 1.807) is 12.1 Å². The maximum absolute atomic E-state index is 11.9. The highest BCUT2D eigenvalue weighted by Gasteiger charge is 2.13. The number of nitro benzene ring substituents is 1. The van der Waals surface area contributed by atoms with Gasteiger partial charge in [0.15, 0.2) is 6.61 Å². The van der Waals surface area contributed by atoms with Gasteiger partial charge >= 0.3 is 0 Å². The van der Waals surface area contributed by atoms with Crippen molar-refractivity contribution in [1.82, 2.24) is 5.43 Å². The Balaban J connectivity index is 1.51. The van der Waals surface area contributed by atoms with Crippen molar-refractivity contribution in [2.24, 2.45) is 5.10 Å². The van der Waals surface area contributed by atoms with E-state index >= 15 is 0 Å². The van der Waals surface area contributed by atoms with Crippen LogP contribution in [0.4, 0.5) is 5.69 Å². The summed E-state index contributed by atoms with van der Waals surface area (Å²) in [5.74, 6) is 1.45. The standard InChI is InChI=1S/C23H22ClN3O5/c1-3-15(2)16-4-7-18(8-5-16)31-14-23(28)26-25-13-19-9-11-22(32-19)20-10-6-17(27(29)30)12-21(20)24/h4-13,15H,3,14H2,1-2H3,(H,26,28)/b25-13-/t15-/m1/s1. The number of nitro groups is 1. The second-order valence-corrected chi connectivity index (χ2v) is 7.49. The Kier molecular flexibility index (Phi) is 7.62. The summed E-state index contributed by atoms with van der Waals surface area (Å²) in [5, 5.41) is 14.9. The van der Waals surface area contributed by atoms with E-state index in [1.807, 2.05) is 24.3 Å². The molecule has 9 heteroatoms. The van der Waals surface area contributed by atoms with Crippen molar-refractivity contribution in [3.63, 3.8) is 0 Å². The quantitative estimate of drug-likeness (QED) is 0.258. The second-order valence-electron chi connectivity index (χ2n) is 7.08. The number of ether oxygens (including phenoxy) is 1. The number of hydrogen-bond donors (Lipinski definition) is 1. The first-order valence-electron chi connectivity index (χ1n) is 9.96. The van der Waals surface area contributed by atoms with Gasteiger partial charge in [-0.15, -0.1) is 0 Å². The highest BCUT2D eigenvalue weighted by atomic mass is 35.5. The maximum Gasteiger partial charge on any atom is 0.277 e. The number of benzene rings is 2.